The number of anilines is 2. The summed E-state index contributed by atoms with van der Waals surface area (Å²) in [4.78, 5) is 37.3. The summed E-state index contributed by atoms with van der Waals surface area (Å²) in [5.74, 6) is -1.38. The Morgan fingerprint density at radius 2 is 1.27 bits per heavy atom. The van der Waals surface area contributed by atoms with Crippen molar-refractivity contribution in [1.29, 1.82) is 0 Å². The fourth-order valence-electron chi connectivity index (χ4n) is 2.48. The molecular formula is C20H22N2O4. The molecule has 6 nitrogen and oxygen atoms in total. The molecule has 0 saturated heterocycles. The zero-order valence-electron chi connectivity index (χ0n) is 14.8. The Morgan fingerprint density at radius 3 is 1.62 bits per heavy atom. The number of hydrogen-bond acceptors (Lipinski definition) is 4. The van der Waals surface area contributed by atoms with Crippen molar-refractivity contribution in [3.63, 3.8) is 0 Å². The number of Topliss-reactive ketones (excluding diaryl/α,β-unsaturated/α-hetero) is 1. The third kappa shape index (κ3) is 4.77. The van der Waals surface area contributed by atoms with Crippen LogP contribution in [0.3, 0.4) is 0 Å². The van der Waals surface area contributed by atoms with Crippen molar-refractivity contribution in [2.45, 2.75) is 25.4 Å². The van der Waals surface area contributed by atoms with Crippen molar-refractivity contribution in [2.24, 2.45) is 0 Å². The van der Waals surface area contributed by atoms with Gasteiger partial charge in [-0.1, -0.05) is 36.4 Å². The van der Waals surface area contributed by atoms with E-state index in [2.05, 4.69) is 10.6 Å². The first-order valence-corrected chi connectivity index (χ1v) is 8.25. The minimum absolute atomic E-state index is 0.0399. The number of rotatable bonds is 8. The van der Waals surface area contributed by atoms with Crippen molar-refractivity contribution in [1.82, 2.24) is 0 Å². The molecule has 0 spiro atoms. The van der Waals surface area contributed by atoms with Gasteiger partial charge in [0, 0.05) is 31.3 Å². The maximum absolute atomic E-state index is 12.9. The molecule has 0 bridgehead atoms. The Hall–Kier alpha value is -2.99. The van der Waals surface area contributed by atoms with Crippen LogP contribution in [0.5, 0.6) is 0 Å². The highest BCUT2D eigenvalue weighted by atomic mass is 16.5. The second-order valence-electron chi connectivity index (χ2n) is 5.87. The summed E-state index contributed by atoms with van der Waals surface area (Å²) in [6.45, 7) is 1.41. The van der Waals surface area contributed by atoms with E-state index in [4.69, 9.17) is 4.74 Å². The van der Waals surface area contributed by atoms with E-state index < -0.39 is 17.4 Å². The number of para-hydroxylation sites is 2. The Bertz CT molecular complexity index is 706. The maximum atomic E-state index is 12.9. The molecule has 0 atom stereocenters. The zero-order valence-corrected chi connectivity index (χ0v) is 14.8. The van der Waals surface area contributed by atoms with Crippen molar-refractivity contribution < 1.29 is 19.1 Å². The summed E-state index contributed by atoms with van der Waals surface area (Å²) < 4.78 is 5.38. The smallest absolute Gasteiger partial charge is 0.266 e. The molecule has 136 valence electrons. The Morgan fingerprint density at radius 1 is 0.846 bits per heavy atom. The average molecular weight is 354 g/mol. The molecule has 2 aromatic carbocycles. The van der Waals surface area contributed by atoms with Crippen LogP contribution in [0.4, 0.5) is 11.4 Å². The lowest BCUT2D eigenvalue weighted by atomic mass is 9.93. The number of amides is 2. The molecule has 26 heavy (non-hydrogen) atoms. The van der Waals surface area contributed by atoms with E-state index in [1.165, 1.54) is 14.0 Å². The van der Waals surface area contributed by atoms with Crippen molar-refractivity contribution >= 4 is 29.0 Å². The molecule has 0 aliphatic heterocycles. The quantitative estimate of drug-likeness (QED) is 0.714. The van der Waals surface area contributed by atoms with Gasteiger partial charge in [0.25, 0.3) is 11.8 Å². The number of carbonyl (C=O) groups excluding carboxylic acids is 3. The number of ether oxygens (including phenoxy) is 1. The van der Waals surface area contributed by atoms with Crippen LogP contribution in [0.25, 0.3) is 0 Å². The summed E-state index contributed by atoms with van der Waals surface area (Å²) in [6, 6.07) is 17.5. The van der Waals surface area contributed by atoms with Gasteiger partial charge in [0.05, 0.1) is 0 Å². The van der Waals surface area contributed by atoms with Crippen LogP contribution in [-0.2, 0) is 19.1 Å². The number of benzene rings is 2. The summed E-state index contributed by atoms with van der Waals surface area (Å²) in [6.07, 6.45) is -0.0194. The molecule has 2 aromatic rings. The first-order valence-electron chi connectivity index (χ1n) is 8.25. The minimum Gasteiger partial charge on any atom is -0.359 e. The van der Waals surface area contributed by atoms with Gasteiger partial charge in [0.15, 0.2) is 0 Å². The fraction of sp³-hybridized carbons (Fsp3) is 0.250. The topological polar surface area (TPSA) is 84.5 Å². The predicted molar refractivity (Wildman–Crippen MR) is 99.8 cm³/mol. The van der Waals surface area contributed by atoms with Crippen LogP contribution in [-0.4, -0.2) is 30.3 Å². The second kappa shape index (κ2) is 8.92. The lowest BCUT2D eigenvalue weighted by Crippen LogP contribution is -2.54. The van der Waals surface area contributed by atoms with Crippen LogP contribution in [0.2, 0.25) is 0 Å². The molecule has 0 aromatic heterocycles. The van der Waals surface area contributed by atoms with Crippen LogP contribution >= 0.6 is 0 Å². The van der Waals surface area contributed by atoms with Gasteiger partial charge in [0.2, 0.25) is 5.60 Å². The van der Waals surface area contributed by atoms with Gasteiger partial charge >= 0.3 is 0 Å². The second-order valence-corrected chi connectivity index (χ2v) is 5.87. The van der Waals surface area contributed by atoms with E-state index in [0.717, 1.165) is 0 Å². The first-order chi connectivity index (χ1) is 12.5. The summed E-state index contributed by atoms with van der Waals surface area (Å²) >= 11 is 0. The van der Waals surface area contributed by atoms with E-state index in [1.54, 1.807) is 48.5 Å². The molecular weight excluding hydrogens is 332 g/mol. The van der Waals surface area contributed by atoms with Gasteiger partial charge in [0.1, 0.15) is 5.78 Å². The SMILES string of the molecule is COC(CCC(C)=O)(C(=O)Nc1ccccc1)C(=O)Nc1ccccc1. The predicted octanol–water partition coefficient (Wildman–Crippen LogP) is 3.02. The molecule has 0 heterocycles. The van der Waals surface area contributed by atoms with E-state index in [-0.39, 0.29) is 18.6 Å². The molecule has 0 aliphatic carbocycles. The lowest BCUT2D eigenvalue weighted by Gasteiger charge is -2.29. The minimum atomic E-state index is -1.82. The molecule has 0 aliphatic rings. The van der Waals surface area contributed by atoms with Gasteiger partial charge in [-0.3, -0.25) is 9.59 Å². The van der Waals surface area contributed by atoms with Crippen molar-refractivity contribution in [3.05, 3.63) is 60.7 Å². The Balaban J connectivity index is 2.28. The van der Waals surface area contributed by atoms with Crippen LogP contribution in [0.15, 0.2) is 60.7 Å². The van der Waals surface area contributed by atoms with Crippen LogP contribution in [0, 0.1) is 0 Å². The van der Waals surface area contributed by atoms with Crippen LogP contribution in [0.1, 0.15) is 19.8 Å². The molecule has 0 unspecified atom stereocenters. The van der Waals surface area contributed by atoms with Crippen molar-refractivity contribution in [2.75, 3.05) is 17.7 Å². The number of methoxy groups -OCH3 is 1. The molecule has 2 amide bonds. The van der Waals surface area contributed by atoms with Crippen molar-refractivity contribution in [3.8, 4) is 0 Å². The normalized spacial score (nSPS) is 10.8. The van der Waals surface area contributed by atoms with E-state index in [0.29, 0.717) is 11.4 Å². The summed E-state index contributed by atoms with van der Waals surface area (Å²) in [5, 5.41) is 5.38. The summed E-state index contributed by atoms with van der Waals surface area (Å²) in [7, 11) is 1.29. The highest BCUT2D eigenvalue weighted by Gasteiger charge is 2.46. The average Bonchev–Trinajstić information content (AvgIpc) is 2.64. The lowest BCUT2D eigenvalue weighted by molar-refractivity contribution is -0.151. The van der Waals surface area contributed by atoms with Gasteiger partial charge in [-0.2, -0.15) is 0 Å². The standard InChI is InChI=1S/C20H22N2O4/c1-15(23)13-14-20(26-2,18(24)21-16-9-5-3-6-10-16)19(25)22-17-11-7-4-8-12-17/h3-12H,13-14H2,1-2H3,(H,21,24)(H,22,25). The Kier molecular flexibility index (Phi) is 6.63. The third-order valence-corrected chi connectivity index (χ3v) is 3.97. The molecule has 0 radical (unpaired) electrons. The van der Waals surface area contributed by atoms with Gasteiger partial charge in [-0.05, 0) is 31.2 Å². The number of nitrogens with one attached hydrogen (secondary N) is 2. The number of hydrogen-bond donors (Lipinski definition) is 2. The van der Waals surface area contributed by atoms with Crippen LogP contribution < -0.4 is 10.6 Å². The first kappa shape index (κ1) is 19.3. The molecule has 6 heteroatoms. The molecule has 2 N–H and O–H groups in total. The largest absolute Gasteiger partial charge is 0.359 e. The Labute approximate surface area is 152 Å². The zero-order chi connectivity index (χ0) is 19.0. The number of ketones is 1. The van der Waals surface area contributed by atoms with Gasteiger partial charge < -0.3 is 20.2 Å². The fourth-order valence-corrected chi connectivity index (χ4v) is 2.48. The molecule has 2 rings (SSSR count). The monoisotopic (exact) mass is 354 g/mol. The molecule has 0 fully saturated rings. The highest BCUT2D eigenvalue weighted by molar-refractivity contribution is 6.17. The van der Waals surface area contributed by atoms with Gasteiger partial charge in [-0.25, -0.2) is 0 Å². The number of carbonyl (C=O) groups is 3. The van der Waals surface area contributed by atoms with E-state index >= 15 is 0 Å². The summed E-state index contributed by atoms with van der Waals surface area (Å²) in [5.41, 5.74) is -0.749. The van der Waals surface area contributed by atoms with E-state index in [1.807, 2.05) is 12.1 Å². The third-order valence-electron chi connectivity index (χ3n) is 3.97. The van der Waals surface area contributed by atoms with E-state index in [9.17, 15) is 14.4 Å². The van der Waals surface area contributed by atoms with Gasteiger partial charge in [-0.15, -0.1) is 0 Å². The highest BCUT2D eigenvalue weighted by Crippen LogP contribution is 2.23. The maximum Gasteiger partial charge on any atom is 0.266 e. The molecule has 0 saturated carbocycles.